The predicted octanol–water partition coefficient (Wildman–Crippen LogP) is 3.86. The average Bonchev–Trinajstić information content (AvgIpc) is 2.38. The smallest absolute Gasteiger partial charge is 0.338 e. The van der Waals surface area contributed by atoms with Crippen molar-refractivity contribution >= 4 is 21.9 Å². The molecule has 1 aromatic rings. The zero-order chi connectivity index (χ0) is 14.5. The van der Waals surface area contributed by atoms with Gasteiger partial charge in [-0.15, -0.1) is 0 Å². The van der Waals surface area contributed by atoms with Crippen molar-refractivity contribution in [3.8, 4) is 0 Å². The summed E-state index contributed by atoms with van der Waals surface area (Å²) in [5.41, 5.74) is 1.79. The summed E-state index contributed by atoms with van der Waals surface area (Å²) in [6, 6.07) is 5.85. The van der Waals surface area contributed by atoms with Crippen LogP contribution in [0.5, 0.6) is 0 Å². The molecular weight excluding hydrogens is 318 g/mol. The Morgan fingerprint density at radius 1 is 1.45 bits per heavy atom. The van der Waals surface area contributed by atoms with Gasteiger partial charge in [0.05, 0.1) is 12.2 Å². The first kappa shape index (κ1) is 15.5. The fourth-order valence-electron chi connectivity index (χ4n) is 2.76. The molecule has 0 amide bonds. The number of halogens is 1. The van der Waals surface area contributed by atoms with Crippen LogP contribution in [0.3, 0.4) is 0 Å². The molecule has 0 aromatic heterocycles. The molecule has 0 bridgehead atoms. The zero-order valence-corrected chi connectivity index (χ0v) is 13.8. The minimum absolute atomic E-state index is 0.248. The van der Waals surface area contributed by atoms with Crippen LogP contribution in [0.4, 0.5) is 0 Å². The van der Waals surface area contributed by atoms with Gasteiger partial charge in [0.25, 0.3) is 0 Å². The molecule has 0 N–H and O–H groups in total. The van der Waals surface area contributed by atoms with E-state index in [1.165, 1.54) is 12.8 Å². The Morgan fingerprint density at radius 2 is 2.25 bits per heavy atom. The molecule has 1 heterocycles. The van der Waals surface area contributed by atoms with Crippen molar-refractivity contribution in [2.75, 3.05) is 19.7 Å². The average molecular weight is 340 g/mol. The van der Waals surface area contributed by atoms with E-state index >= 15 is 0 Å². The molecule has 0 radical (unpaired) electrons. The maximum atomic E-state index is 11.8. The van der Waals surface area contributed by atoms with Gasteiger partial charge in [0, 0.05) is 17.6 Å². The summed E-state index contributed by atoms with van der Waals surface area (Å²) >= 11 is 3.48. The van der Waals surface area contributed by atoms with Gasteiger partial charge in [-0.2, -0.15) is 0 Å². The molecule has 1 aliphatic heterocycles. The number of nitrogens with zero attached hydrogens (tertiary/aromatic N) is 1. The van der Waals surface area contributed by atoms with Gasteiger partial charge in [0.2, 0.25) is 0 Å². The molecule has 1 saturated heterocycles. The number of esters is 1. The molecule has 0 aliphatic carbocycles. The first-order valence-corrected chi connectivity index (χ1v) is 8.06. The highest BCUT2D eigenvalue weighted by Crippen LogP contribution is 2.21. The third kappa shape index (κ3) is 4.32. The van der Waals surface area contributed by atoms with Crippen LogP contribution in [0, 0.1) is 5.92 Å². The topological polar surface area (TPSA) is 29.5 Å². The highest BCUT2D eigenvalue weighted by molar-refractivity contribution is 9.10. The van der Waals surface area contributed by atoms with Crippen molar-refractivity contribution in [1.29, 1.82) is 0 Å². The second-order valence-corrected chi connectivity index (χ2v) is 6.47. The molecule has 1 unspecified atom stereocenters. The van der Waals surface area contributed by atoms with E-state index in [0.29, 0.717) is 12.2 Å². The van der Waals surface area contributed by atoms with Crippen molar-refractivity contribution in [3.05, 3.63) is 33.8 Å². The first-order chi connectivity index (χ1) is 9.58. The molecule has 4 heteroatoms. The number of ether oxygens (including phenoxy) is 1. The molecular formula is C16H22BrNO2. The third-order valence-corrected chi connectivity index (χ3v) is 4.07. The molecule has 1 fully saturated rings. The van der Waals surface area contributed by atoms with Crippen LogP contribution in [0.1, 0.15) is 42.6 Å². The number of benzene rings is 1. The van der Waals surface area contributed by atoms with Gasteiger partial charge in [-0.05, 0) is 56.0 Å². The van der Waals surface area contributed by atoms with E-state index in [2.05, 4.69) is 33.8 Å². The van der Waals surface area contributed by atoms with Crippen LogP contribution in [-0.2, 0) is 11.3 Å². The van der Waals surface area contributed by atoms with Gasteiger partial charge in [-0.1, -0.05) is 22.9 Å². The number of likely N-dealkylation sites (tertiary alicyclic amines) is 1. The van der Waals surface area contributed by atoms with E-state index in [-0.39, 0.29) is 5.97 Å². The molecule has 0 spiro atoms. The highest BCUT2D eigenvalue weighted by atomic mass is 79.9. The number of carbonyl (C=O) groups excluding carboxylic acids is 1. The summed E-state index contributed by atoms with van der Waals surface area (Å²) in [7, 11) is 0. The highest BCUT2D eigenvalue weighted by Gasteiger charge is 2.17. The molecule has 2 rings (SSSR count). The van der Waals surface area contributed by atoms with Gasteiger partial charge < -0.3 is 4.74 Å². The monoisotopic (exact) mass is 339 g/mol. The van der Waals surface area contributed by atoms with E-state index < -0.39 is 0 Å². The number of hydrogen-bond acceptors (Lipinski definition) is 3. The van der Waals surface area contributed by atoms with Crippen molar-refractivity contribution in [2.45, 2.75) is 33.2 Å². The predicted molar refractivity (Wildman–Crippen MR) is 83.8 cm³/mol. The quantitative estimate of drug-likeness (QED) is 0.780. The molecule has 1 aromatic carbocycles. The molecule has 1 aliphatic rings. The van der Waals surface area contributed by atoms with E-state index in [9.17, 15) is 4.79 Å². The Kier molecular flexibility index (Phi) is 5.61. The standard InChI is InChI=1S/C16H22BrNO2/c1-3-20-16(19)14-7-13(8-15(17)9-14)11-18-6-4-5-12(2)10-18/h7-9,12H,3-6,10-11H2,1-2H3. The maximum absolute atomic E-state index is 11.8. The van der Waals surface area contributed by atoms with Gasteiger partial charge in [-0.3, -0.25) is 4.90 Å². The number of rotatable bonds is 4. The molecule has 0 saturated carbocycles. The molecule has 20 heavy (non-hydrogen) atoms. The van der Waals surface area contributed by atoms with Crippen LogP contribution in [0.25, 0.3) is 0 Å². The van der Waals surface area contributed by atoms with Crippen LogP contribution in [-0.4, -0.2) is 30.6 Å². The normalized spacial score (nSPS) is 19.9. The SMILES string of the molecule is CCOC(=O)c1cc(Br)cc(CN2CCCC(C)C2)c1. The van der Waals surface area contributed by atoms with Gasteiger partial charge >= 0.3 is 5.97 Å². The summed E-state index contributed by atoms with van der Waals surface area (Å²) in [6.45, 7) is 7.72. The van der Waals surface area contributed by atoms with Crippen molar-refractivity contribution in [2.24, 2.45) is 5.92 Å². The summed E-state index contributed by atoms with van der Waals surface area (Å²) in [6.07, 6.45) is 2.59. The number of carbonyl (C=O) groups is 1. The fourth-order valence-corrected chi connectivity index (χ4v) is 3.30. The van der Waals surface area contributed by atoms with Crippen molar-refractivity contribution < 1.29 is 9.53 Å². The van der Waals surface area contributed by atoms with Crippen molar-refractivity contribution in [1.82, 2.24) is 4.90 Å². The summed E-state index contributed by atoms with van der Waals surface area (Å²) in [4.78, 5) is 14.3. The molecule has 1 atom stereocenters. The van der Waals surface area contributed by atoms with Crippen LogP contribution in [0.15, 0.2) is 22.7 Å². The minimum Gasteiger partial charge on any atom is -0.462 e. The van der Waals surface area contributed by atoms with E-state index in [1.807, 2.05) is 19.1 Å². The van der Waals surface area contributed by atoms with Crippen LogP contribution < -0.4 is 0 Å². The zero-order valence-electron chi connectivity index (χ0n) is 12.2. The Morgan fingerprint density at radius 3 is 2.95 bits per heavy atom. The van der Waals surface area contributed by atoms with Gasteiger partial charge in [0.1, 0.15) is 0 Å². The lowest BCUT2D eigenvalue weighted by atomic mass is 9.99. The van der Waals surface area contributed by atoms with Crippen molar-refractivity contribution in [3.63, 3.8) is 0 Å². The Balaban J connectivity index is 2.09. The number of piperidine rings is 1. The molecule has 3 nitrogen and oxygen atoms in total. The van der Waals surface area contributed by atoms with Gasteiger partial charge in [-0.25, -0.2) is 4.79 Å². The van der Waals surface area contributed by atoms with E-state index in [1.54, 1.807) is 0 Å². The third-order valence-electron chi connectivity index (χ3n) is 3.62. The number of hydrogen-bond donors (Lipinski definition) is 0. The maximum Gasteiger partial charge on any atom is 0.338 e. The second-order valence-electron chi connectivity index (χ2n) is 5.55. The van der Waals surface area contributed by atoms with Crippen LogP contribution in [0.2, 0.25) is 0 Å². The van der Waals surface area contributed by atoms with E-state index in [4.69, 9.17) is 4.74 Å². The summed E-state index contributed by atoms with van der Waals surface area (Å²) < 4.78 is 6.01. The van der Waals surface area contributed by atoms with Crippen LogP contribution >= 0.6 is 15.9 Å². The second kappa shape index (κ2) is 7.23. The lowest BCUT2D eigenvalue weighted by Gasteiger charge is -2.30. The minimum atomic E-state index is -0.248. The fraction of sp³-hybridized carbons (Fsp3) is 0.562. The Labute approximate surface area is 129 Å². The summed E-state index contributed by atoms with van der Waals surface area (Å²) in [5.74, 6) is 0.516. The largest absolute Gasteiger partial charge is 0.462 e. The molecule has 110 valence electrons. The summed E-state index contributed by atoms with van der Waals surface area (Å²) in [5, 5.41) is 0. The first-order valence-electron chi connectivity index (χ1n) is 7.27. The lowest BCUT2D eigenvalue weighted by molar-refractivity contribution is 0.0526. The Bertz CT molecular complexity index is 476. The van der Waals surface area contributed by atoms with E-state index in [0.717, 1.165) is 35.6 Å². The lowest BCUT2D eigenvalue weighted by Crippen LogP contribution is -2.33. The van der Waals surface area contributed by atoms with Gasteiger partial charge in [0.15, 0.2) is 0 Å². The Hall–Kier alpha value is -0.870.